The number of hydrogen-bond acceptors (Lipinski definition) is 4. The summed E-state index contributed by atoms with van der Waals surface area (Å²) >= 11 is 13.8. The molecule has 0 N–H and O–H groups in total. The first kappa shape index (κ1) is 18.1. The summed E-state index contributed by atoms with van der Waals surface area (Å²) in [5.74, 6) is 2.27. The molecule has 1 heterocycles. The number of nitrogens with zero attached hydrogens (tertiary/aromatic N) is 3. The van der Waals surface area contributed by atoms with Gasteiger partial charge in [-0.3, -0.25) is 0 Å². The minimum absolute atomic E-state index is 0.633. The lowest BCUT2D eigenvalue weighted by atomic mass is 10.2. The van der Waals surface area contributed by atoms with Gasteiger partial charge in [0.2, 0.25) is 0 Å². The Kier molecular flexibility index (Phi) is 5.89. The Morgan fingerprint density at radius 2 is 1.92 bits per heavy atom. The Balaban J connectivity index is 1.87. The van der Waals surface area contributed by atoms with Crippen LogP contribution >= 0.6 is 35.0 Å². The third-order valence-electron chi connectivity index (χ3n) is 3.75. The van der Waals surface area contributed by atoms with Crippen LogP contribution in [0.4, 0.5) is 0 Å². The van der Waals surface area contributed by atoms with Gasteiger partial charge in [-0.05, 0) is 36.8 Å². The number of benzene rings is 2. The number of hydrogen-bond donors (Lipinski definition) is 0. The highest BCUT2D eigenvalue weighted by Gasteiger charge is 2.16. The summed E-state index contributed by atoms with van der Waals surface area (Å²) in [4.78, 5) is 0. The Morgan fingerprint density at radius 1 is 1.12 bits per heavy atom. The smallest absolute Gasteiger partial charge is 0.191 e. The van der Waals surface area contributed by atoms with E-state index < -0.39 is 0 Å². The van der Waals surface area contributed by atoms with Crippen LogP contribution in [0.15, 0.2) is 47.6 Å². The second-order valence-electron chi connectivity index (χ2n) is 5.28. The molecule has 4 nitrogen and oxygen atoms in total. The zero-order chi connectivity index (χ0) is 17.8. The first-order valence-electron chi connectivity index (χ1n) is 7.77. The fourth-order valence-corrected chi connectivity index (χ4v) is 4.05. The standard InChI is InChI=1S/C18H17Cl2N3OS/c1-3-23-17(14-6-4-5-7-16(14)24-2)21-22-18(23)25-11-12-8-9-13(19)10-15(12)20/h4-10H,3,11H2,1-2H3. The lowest BCUT2D eigenvalue weighted by molar-refractivity contribution is 0.416. The molecule has 0 spiro atoms. The first-order valence-corrected chi connectivity index (χ1v) is 9.51. The summed E-state index contributed by atoms with van der Waals surface area (Å²) in [5.41, 5.74) is 1.94. The Labute approximate surface area is 161 Å². The van der Waals surface area contributed by atoms with E-state index in [0.29, 0.717) is 15.8 Å². The molecule has 0 bridgehead atoms. The van der Waals surface area contributed by atoms with E-state index in [2.05, 4.69) is 21.7 Å². The van der Waals surface area contributed by atoms with Gasteiger partial charge >= 0.3 is 0 Å². The summed E-state index contributed by atoms with van der Waals surface area (Å²) < 4.78 is 7.52. The van der Waals surface area contributed by atoms with Gasteiger partial charge in [0.05, 0.1) is 12.7 Å². The van der Waals surface area contributed by atoms with Crippen LogP contribution in [0.3, 0.4) is 0 Å². The molecule has 0 unspecified atom stereocenters. The zero-order valence-corrected chi connectivity index (χ0v) is 16.2. The van der Waals surface area contributed by atoms with Crippen LogP contribution in [-0.2, 0) is 12.3 Å². The van der Waals surface area contributed by atoms with E-state index in [1.54, 1.807) is 24.9 Å². The molecule has 0 saturated carbocycles. The van der Waals surface area contributed by atoms with Crippen LogP contribution < -0.4 is 4.74 Å². The van der Waals surface area contributed by atoms with Crippen LogP contribution in [0.25, 0.3) is 11.4 Å². The second-order valence-corrected chi connectivity index (χ2v) is 7.06. The average Bonchev–Trinajstić information content (AvgIpc) is 3.03. The predicted octanol–water partition coefficient (Wildman–Crippen LogP) is 5.57. The molecule has 0 aliphatic rings. The van der Waals surface area contributed by atoms with Gasteiger partial charge in [-0.1, -0.05) is 53.2 Å². The lowest BCUT2D eigenvalue weighted by Crippen LogP contribution is -2.01. The topological polar surface area (TPSA) is 39.9 Å². The van der Waals surface area contributed by atoms with E-state index in [-0.39, 0.29) is 0 Å². The molecule has 7 heteroatoms. The number of para-hydroxylation sites is 1. The summed E-state index contributed by atoms with van der Waals surface area (Å²) in [6.07, 6.45) is 0. The maximum atomic E-state index is 6.25. The second kappa shape index (κ2) is 8.13. The molecule has 0 fully saturated rings. The fraction of sp³-hybridized carbons (Fsp3) is 0.222. The number of ether oxygens (including phenoxy) is 1. The number of aromatic nitrogens is 3. The molecule has 3 aromatic rings. The van der Waals surface area contributed by atoms with Gasteiger partial charge < -0.3 is 9.30 Å². The maximum absolute atomic E-state index is 6.25. The maximum Gasteiger partial charge on any atom is 0.191 e. The van der Waals surface area contributed by atoms with Crippen molar-refractivity contribution in [2.75, 3.05) is 7.11 Å². The minimum atomic E-state index is 0.633. The molecule has 2 aromatic carbocycles. The monoisotopic (exact) mass is 393 g/mol. The van der Waals surface area contributed by atoms with Crippen LogP contribution in [0.2, 0.25) is 10.0 Å². The molecule has 0 amide bonds. The van der Waals surface area contributed by atoms with Gasteiger partial charge in [0.15, 0.2) is 11.0 Å². The third-order valence-corrected chi connectivity index (χ3v) is 5.36. The van der Waals surface area contributed by atoms with Gasteiger partial charge in [0.1, 0.15) is 5.75 Å². The van der Waals surface area contributed by atoms with Gasteiger partial charge in [0.25, 0.3) is 0 Å². The van der Waals surface area contributed by atoms with Crippen molar-refractivity contribution in [3.63, 3.8) is 0 Å². The van der Waals surface area contributed by atoms with Gasteiger partial charge in [-0.25, -0.2) is 0 Å². The predicted molar refractivity (Wildman–Crippen MR) is 104 cm³/mol. The molecule has 0 aliphatic heterocycles. The summed E-state index contributed by atoms with van der Waals surface area (Å²) in [6, 6.07) is 13.3. The molecule has 25 heavy (non-hydrogen) atoms. The minimum Gasteiger partial charge on any atom is -0.496 e. The number of halogens is 2. The van der Waals surface area contributed by atoms with Crippen molar-refractivity contribution in [2.45, 2.75) is 24.4 Å². The largest absolute Gasteiger partial charge is 0.496 e. The van der Waals surface area contributed by atoms with E-state index in [9.17, 15) is 0 Å². The normalized spacial score (nSPS) is 10.9. The number of methoxy groups -OCH3 is 1. The molecule has 3 rings (SSSR count). The van der Waals surface area contributed by atoms with Gasteiger partial charge in [0, 0.05) is 22.3 Å². The lowest BCUT2D eigenvalue weighted by Gasteiger charge is -2.10. The number of rotatable bonds is 6. The van der Waals surface area contributed by atoms with Crippen LogP contribution in [-0.4, -0.2) is 21.9 Å². The molecule has 0 atom stereocenters. The Bertz CT molecular complexity index is 883. The fourth-order valence-electron chi connectivity index (χ4n) is 2.49. The van der Waals surface area contributed by atoms with Crippen LogP contribution in [0, 0.1) is 0 Å². The van der Waals surface area contributed by atoms with E-state index in [0.717, 1.165) is 34.4 Å². The molecular formula is C18H17Cl2N3OS. The van der Waals surface area contributed by atoms with Crippen molar-refractivity contribution in [1.82, 2.24) is 14.8 Å². The van der Waals surface area contributed by atoms with Crippen molar-refractivity contribution in [1.29, 1.82) is 0 Å². The summed E-state index contributed by atoms with van der Waals surface area (Å²) in [7, 11) is 1.66. The Hall–Kier alpha value is -1.69. The zero-order valence-electron chi connectivity index (χ0n) is 13.9. The van der Waals surface area contributed by atoms with Gasteiger partial charge in [-0.2, -0.15) is 0 Å². The Morgan fingerprint density at radius 3 is 2.64 bits per heavy atom. The van der Waals surface area contributed by atoms with E-state index in [4.69, 9.17) is 27.9 Å². The van der Waals surface area contributed by atoms with Crippen LogP contribution in [0.5, 0.6) is 5.75 Å². The molecule has 0 radical (unpaired) electrons. The number of thioether (sulfide) groups is 1. The van der Waals surface area contributed by atoms with Crippen molar-refractivity contribution >= 4 is 35.0 Å². The quantitative estimate of drug-likeness (QED) is 0.513. The van der Waals surface area contributed by atoms with Crippen molar-refractivity contribution < 1.29 is 4.74 Å². The van der Waals surface area contributed by atoms with Crippen molar-refractivity contribution in [3.05, 3.63) is 58.1 Å². The highest BCUT2D eigenvalue weighted by atomic mass is 35.5. The SMILES string of the molecule is CCn1c(SCc2ccc(Cl)cc2Cl)nnc1-c1ccccc1OC. The van der Waals surface area contributed by atoms with E-state index in [1.165, 1.54) is 0 Å². The molecule has 0 aliphatic carbocycles. The molecule has 0 saturated heterocycles. The third kappa shape index (κ3) is 3.94. The highest BCUT2D eigenvalue weighted by Crippen LogP contribution is 2.33. The van der Waals surface area contributed by atoms with Crippen molar-refractivity contribution in [3.8, 4) is 17.1 Å². The summed E-state index contributed by atoms with van der Waals surface area (Å²) in [6.45, 7) is 2.83. The first-order chi connectivity index (χ1) is 12.1. The molecular weight excluding hydrogens is 377 g/mol. The van der Waals surface area contributed by atoms with Gasteiger partial charge in [-0.15, -0.1) is 10.2 Å². The molecule has 130 valence electrons. The van der Waals surface area contributed by atoms with Crippen molar-refractivity contribution in [2.24, 2.45) is 0 Å². The highest BCUT2D eigenvalue weighted by molar-refractivity contribution is 7.98. The molecule has 1 aromatic heterocycles. The average molecular weight is 394 g/mol. The summed E-state index contributed by atoms with van der Waals surface area (Å²) in [5, 5.41) is 10.9. The van der Waals surface area contributed by atoms with E-state index in [1.807, 2.05) is 36.4 Å². The van der Waals surface area contributed by atoms with E-state index >= 15 is 0 Å². The van der Waals surface area contributed by atoms with Crippen LogP contribution in [0.1, 0.15) is 12.5 Å².